The van der Waals surface area contributed by atoms with E-state index in [2.05, 4.69) is 37.5 Å². The van der Waals surface area contributed by atoms with Crippen molar-refractivity contribution >= 4 is 11.7 Å². The van der Waals surface area contributed by atoms with Crippen molar-refractivity contribution in [2.75, 3.05) is 5.32 Å². The van der Waals surface area contributed by atoms with E-state index in [1.54, 1.807) is 0 Å². The molecule has 0 aliphatic carbocycles. The Morgan fingerprint density at radius 2 is 1.83 bits per heavy atom. The molecule has 0 fully saturated rings. The predicted molar refractivity (Wildman–Crippen MR) is 77.2 cm³/mol. The maximum atomic E-state index is 11.7. The number of rotatable bonds is 2. The predicted octanol–water partition coefficient (Wildman–Crippen LogP) is 4.04. The molecule has 18 heavy (non-hydrogen) atoms. The molecule has 2 N–H and O–H groups in total. The molecule has 0 atom stereocenters. The Hall–Kier alpha value is -1.51. The fraction of sp³-hybridized carbons (Fsp3) is 0.533. The van der Waals surface area contributed by atoms with Crippen LogP contribution in [-0.2, 0) is 0 Å². The zero-order valence-electron chi connectivity index (χ0n) is 12.2. The molecule has 0 radical (unpaired) electrons. The van der Waals surface area contributed by atoms with Crippen LogP contribution < -0.4 is 10.6 Å². The molecule has 0 aromatic heterocycles. The van der Waals surface area contributed by atoms with Crippen molar-refractivity contribution in [3.8, 4) is 0 Å². The molecule has 0 aliphatic heterocycles. The van der Waals surface area contributed by atoms with E-state index in [9.17, 15) is 4.79 Å². The standard InChI is InChI=1S/C15H24N2O/c1-10(2)13-8-7-12(9-11(13)3)16-14(18)17-15(4,5)6/h7-10H,1-6H3,(H2,16,17,18). The molecular weight excluding hydrogens is 224 g/mol. The fourth-order valence-corrected chi connectivity index (χ4v) is 1.90. The first-order valence-corrected chi connectivity index (χ1v) is 6.39. The average Bonchev–Trinajstić information content (AvgIpc) is 2.13. The summed E-state index contributed by atoms with van der Waals surface area (Å²) in [5.41, 5.74) is 3.13. The summed E-state index contributed by atoms with van der Waals surface area (Å²) in [6.07, 6.45) is 0. The van der Waals surface area contributed by atoms with E-state index in [-0.39, 0.29) is 11.6 Å². The van der Waals surface area contributed by atoms with E-state index < -0.39 is 0 Å². The number of anilines is 1. The van der Waals surface area contributed by atoms with Gasteiger partial charge in [0.1, 0.15) is 0 Å². The highest BCUT2D eigenvalue weighted by molar-refractivity contribution is 5.89. The number of carbonyl (C=O) groups excluding carboxylic acids is 1. The normalized spacial score (nSPS) is 11.5. The fourth-order valence-electron chi connectivity index (χ4n) is 1.90. The van der Waals surface area contributed by atoms with Crippen molar-refractivity contribution in [2.45, 2.75) is 53.0 Å². The van der Waals surface area contributed by atoms with Crippen molar-refractivity contribution in [1.29, 1.82) is 0 Å². The smallest absolute Gasteiger partial charge is 0.319 e. The molecule has 0 bridgehead atoms. The van der Waals surface area contributed by atoms with Crippen molar-refractivity contribution in [3.63, 3.8) is 0 Å². The summed E-state index contributed by atoms with van der Waals surface area (Å²) in [5, 5.41) is 5.73. The largest absolute Gasteiger partial charge is 0.333 e. The molecule has 0 spiro atoms. The summed E-state index contributed by atoms with van der Waals surface area (Å²) in [6.45, 7) is 12.3. The van der Waals surface area contributed by atoms with Gasteiger partial charge in [-0.15, -0.1) is 0 Å². The van der Waals surface area contributed by atoms with Gasteiger partial charge in [-0.3, -0.25) is 0 Å². The second-order valence-corrected chi connectivity index (χ2v) is 6.06. The topological polar surface area (TPSA) is 41.1 Å². The first-order valence-electron chi connectivity index (χ1n) is 6.39. The van der Waals surface area contributed by atoms with Gasteiger partial charge in [0.05, 0.1) is 0 Å². The van der Waals surface area contributed by atoms with Crippen molar-refractivity contribution in [2.24, 2.45) is 0 Å². The van der Waals surface area contributed by atoms with Crippen LogP contribution in [-0.4, -0.2) is 11.6 Å². The maximum Gasteiger partial charge on any atom is 0.319 e. The SMILES string of the molecule is Cc1cc(NC(=O)NC(C)(C)C)ccc1C(C)C. The lowest BCUT2D eigenvalue weighted by Crippen LogP contribution is -2.43. The lowest BCUT2D eigenvalue weighted by molar-refractivity contribution is 0.244. The highest BCUT2D eigenvalue weighted by Crippen LogP contribution is 2.22. The van der Waals surface area contributed by atoms with Crippen LogP contribution >= 0.6 is 0 Å². The summed E-state index contributed by atoms with van der Waals surface area (Å²) >= 11 is 0. The molecule has 3 nitrogen and oxygen atoms in total. The van der Waals surface area contributed by atoms with Gasteiger partial charge in [0.25, 0.3) is 0 Å². The third-order valence-electron chi connectivity index (χ3n) is 2.64. The molecule has 1 aromatic rings. The summed E-state index contributed by atoms with van der Waals surface area (Å²) in [7, 11) is 0. The van der Waals surface area contributed by atoms with Crippen LogP contribution in [0.25, 0.3) is 0 Å². The Kier molecular flexibility index (Phi) is 4.38. The van der Waals surface area contributed by atoms with Crippen LogP contribution in [0.3, 0.4) is 0 Å². The second kappa shape index (κ2) is 5.42. The molecular formula is C15H24N2O. The first-order chi connectivity index (χ1) is 8.19. The zero-order valence-corrected chi connectivity index (χ0v) is 12.2. The molecule has 1 aromatic carbocycles. The van der Waals surface area contributed by atoms with Gasteiger partial charge in [0.2, 0.25) is 0 Å². The van der Waals surface area contributed by atoms with Crippen LogP contribution in [0.2, 0.25) is 0 Å². The van der Waals surface area contributed by atoms with E-state index in [0.717, 1.165) is 5.69 Å². The monoisotopic (exact) mass is 248 g/mol. The minimum Gasteiger partial charge on any atom is -0.333 e. The van der Waals surface area contributed by atoms with Crippen LogP contribution in [0, 0.1) is 6.92 Å². The molecule has 0 aliphatic rings. The molecule has 0 saturated carbocycles. The number of amides is 2. The van der Waals surface area contributed by atoms with Crippen molar-refractivity contribution < 1.29 is 4.79 Å². The van der Waals surface area contributed by atoms with Crippen LogP contribution in [0.4, 0.5) is 10.5 Å². The quantitative estimate of drug-likeness (QED) is 0.815. The second-order valence-electron chi connectivity index (χ2n) is 6.06. The van der Waals surface area contributed by atoms with E-state index >= 15 is 0 Å². The molecule has 1 rings (SSSR count). The Labute approximate surface area is 110 Å². The number of urea groups is 1. The number of hydrogen-bond acceptors (Lipinski definition) is 1. The van der Waals surface area contributed by atoms with Crippen LogP contribution in [0.15, 0.2) is 18.2 Å². The number of carbonyl (C=O) groups is 1. The van der Waals surface area contributed by atoms with Crippen LogP contribution in [0.5, 0.6) is 0 Å². The van der Waals surface area contributed by atoms with Gasteiger partial charge in [-0.05, 0) is 56.9 Å². The minimum atomic E-state index is -0.225. The molecule has 2 amide bonds. The third kappa shape index (κ3) is 4.40. The summed E-state index contributed by atoms with van der Waals surface area (Å²) in [6, 6.07) is 5.87. The first kappa shape index (κ1) is 14.6. The van der Waals surface area contributed by atoms with Gasteiger partial charge < -0.3 is 10.6 Å². The number of nitrogens with one attached hydrogen (secondary N) is 2. The van der Waals surface area contributed by atoms with Gasteiger partial charge in [-0.2, -0.15) is 0 Å². The maximum absolute atomic E-state index is 11.7. The molecule has 3 heteroatoms. The Balaban J connectivity index is 2.75. The summed E-state index contributed by atoms with van der Waals surface area (Å²) in [5.74, 6) is 0.502. The molecule has 0 unspecified atom stereocenters. The average molecular weight is 248 g/mol. The molecule has 0 saturated heterocycles. The van der Waals surface area contributed by atoms with Crippen molar-refractivity contribution in [1.82, 2.24) is 5.32 Å². The van der Waals surface area contributed by atoms with E-state index in [4.69, 9.17) is 0 Å². The minimum absolute atomic E-state index is 0.167. The van der Waals surface area contributed by atoms with Crippen LogP contribution in [0.1, 0.15) is 51.7 Å². The zero-order chi connectivity index (χ0) is 13.9. The summed E-state index contributed by atoms with van der Waals surface area (Å²) < 4.78 is 0. The van der Waals surface area contributed by atoms with Gasteiger partial charge >= 0.3 is 6.03 Å². The number of aryl methyl sites for hydroxylation is 1. The lowest BCUT2D eigenvalue weighted by Gasteiger charge is -2.21. The van der Waals surface area contributed by atoms with E-state index in [1.165, 1.54) is 11.1 Å². The van der Waals surface area contributed by atoms with E-state index in [0.29, 0.717) is 5.92 Å². The van der Waals surface area contributed by atoms with Crippen molar-refractivity contribution in [3.05, 3.63) is 29.3 Å². The lowest BCUT2D eigenvalue weighted by atomic mass is 9.98. The van der Waals surface area contributed by atoms with Gasteiger partial charge in [0.15, 0.2) is 0 Å². The highest BCUT2D eigenvalue weighted by Gasteiger charge is 2.13. The molecule has 0 heterocycles. The summed E-state index contributed by atoms with van der Waals surface area (Å²) in [4.78, 5) is 11.7. The number of benzene rings is 1. The third-order valence-corrected chi connectivity index (χ3v) is 2.64. The van der Waals surface area contributed by atoms with Gasteiger partial charge in [0, 0.05) is 11.2 Å². The highest BCUT2D eigenvalue weighted by atomic mass is 16.2. The Morgan fingerprint density at radius 3 is 2.28 bits per heavy atom. The Morgan fingerprint density at radius 1 is 1.22 bits per heavy atom. The molecule has 100 valence electrons. The Bertz CT molecular complexity index is 431. The van der Waals surface area contributed by atoms with Gasteiger partial charge in [-0.25, -0.2) is 4.79 Å². The van der Waals surface area contributed by atoms with Gasteiger partial charge in [-0.1, -0.05) is 19.9 Å². The number of hydrogen-bond donors (Lipinski definition) is 2. The van der Waals surface area contributed by atoms with E-state index in [1.807, 2.05) is 32.9 Å².